The molecule has 0 bridgehead atoms. The molecule has 0 aromatic heterocycles. The SMILES string of the molecule is [CH2-]CP(c1ccccc1)c1ccccc1.[CH2-]CP(c1ccccc1)c1ccccc1.[Cl-].[Cl-].[Cl-].[Cl-].[Ni+3].[Ni+3]. The van der Waals surface area contributed by atoms with Gasteiger partial charge in [-0.15, -0.1) is 0 Å². The third kappa shape index (κ3) is 13.6. The maximum atomic E-state index is 4.07. The van der Waals surface area contributed by atoms with Crippen molar-refractivity contribution in [3.05, 3.63) is 135 Å². The molecule has 0 N–H and O–H groups in total. The van der Waals surface area contributed by atoms with E-state index in [4.69, 9.17) is 0 Å². The Morgan fingerprint density at radius 1 is 0.361 bits per heavy atom. The summed E-state index contributed by atoms with van der Waals surface area (Å²) in [5.74, 6) is 0. The summed E-state index contributed by atoms with van der Waals surface area (Å²) in [6, 6.07) is 42.6. The summed E-state index contributed by atoms with van der Waals surface area (Å²) in [6.45, 7) is 8.14. The Balaban J connectivity index is -0.000000244. The van der Waals surface area contributed by atoms with Gasteiger partial charge in [0.25, 0.3) is 0 Å². The smallest absolute Gasteiger partial charge is 1.00 e. The molecule has 8 heteroatoms. The van der Waals surface area contributed by atoms with Crippen molar-refractivity contribution in [2.75, 3.05) is 12.3 Å². The molecule has 0 aliphatic heterocycles. The van der Waals surface area contributed by atoms with Gasteiger partial charge in [0.2, 0.25) is 0 Å². The van der Waals surface area contributed by atoms with Crippen LogP contribution in [0.4, 0.5) is 0 Å². The van der Waals surface area contributed by atoms with Crippen molar-refractivity contribution in [3.63, 3.8) is 0 Å². The van der Waals surface area contributed by atoms with E-state index in [1.807, 2.05) is 0 Å². The first kappa shape index (κ1) is 43.0. The molecule has 0 spiro atoms. The average Bonchev–Trinajstić information content (AvgIpc) is 2.83. The van der Waals surface area contributed by atoms with E-state index < -0.39 is 0 Å². The fourth-order valence-corrected chi connectivity index (χ4v) is 7.00. The van der Waals surface area contributed by atoms with E-state index in [2.05, 4.69) is 135 Å². The minimum Gasteiger partial charge on any atom is -1.00 e. The molecule has 0 saturated carbocycles. The van der Waals surface area contributed by atoms with Gasteiger partial charge in [0, 0.05) is 0 Å². The van der Waals surface area contributed by atoms with Crippen LogP contribution in [-0.2, 0) is 33.0 Å². The molecule has 0 amide bonds. The van der Waals surface area contributed by atoms with Crippen LogP contribution in [-0.4, -0.2) is 12.3 Å². The molecular weight excluding hydrogens is 657 g/mol. The molecule has 0 nitrogen and oxygen atoms in total. The van der Waals surface area contributed by atoms with Gasteiger partial charge in [0.15, 0.2) is 0 Å². The van der Waals surface area contributed by atoms with Crippen LogP contribution < -0.4 is 70.8 Å². The summed E-state index contributed by atoms with van der Waals surface area (Å²) in [5.41, 5.74) is 0. The predicted molar refractivity (Wildman–Crippen MR) is 139 cm³/mol. The molecule has 198 valence electrons. The first-order valence-corrected chi connectivity index (χ1v) is 13.2. The average molecular weight is 686 g/mol. The minimum atomic E-state index is -0.260. The molecule has 4 aromatic carbocycles. The second-order valence-electron chi connectivity index (χ2n) is 6.65. The van der Waals surface area contributed by atoms with Crippen molar-refractivity contribution < 1.29 is 82.6 Å². The van der Waals surface area contributed by atoms with Crippen LogP contribution >= 0.6 is 15.8 Å². The van der Waals surface area contributed by atoms with Crippen molar-refractivity contribution in [2.45, 2.75) is 0 Å². The van der Waals surface area contributed by atoms with Crippen molar-refractivity contribution in [1.29, 1.82) is 0 Å². The Hall–Kier alpha value is -0.113. The fourth-order valence-electron chi connectivity index (χ4n) is 3.25. The maximum Gasteiger partial charge on any atom is 3.00 e. The first-order valence-electron chi connectivity index (χ1n) is 10.2. The topological polar surface area (TPSA) is 0 Å². The zero-order valence-corrected chi connectivity index (χ0v) is 26.2. The normalized spacial score (nSPS) is 8.78. The molecular formula is C28H28Cl4Ni2P2. The van der Waals surface area contributed by atoms with Crippen molar-refractivity contribution in [1.82, 2.24) is 0 Å². The standard InChI is InChI=1S/2C14H14P.4ClH.2Ni/c2*1-2-15(13-9-5-3-6-10-13)14-11-7-4-8-12-14;;;;;;/h2*3-12H,1-2H2;4*1H;;/q2*-1;;;;;2*+3/p-4. The molecule has 36 heavy (non-hydrogen) atoms. The zero-order chi connectivity index (χ0) is 21.0. The summed E-state index contributed by atoms with van der Waals surface area (Å²) >= 11 is 0. The number of hydrogen-bond acceptors (Lipinski definition) is 0. The Morgan fingerprint density at radius 3 is 0.667 bits per heavy atom. The van der Waals surface area contributed by atoms with Gasteiger partial charge >= 0.3 is 33.0 Å². The molecule has 0 atom stereocenters. The molecule has 0 aliphatic carbocycles. The van der Waals surface area contributed by atoms with Crippen LogP contribution in [0.15, 0.2) is 121 Å². The van der Waals surface area contributed by atoms with E-state index in [0.717, 1.165) is 12.3 Å². The third-order valence-corrected chi connectivity index (χ3v) is 9.30. The van der Waals surface area contributed by atoms with E-state index in [1.54, 1.807) is 0 Å². The minimum absolute atomic E-state index is 0. The van der Waals surface area contributed by atoms with Crippen LogP contribution in [0.25, 0.3) is 0 Å². The second kappa shape index (κ2) is 25.2. The predicted octanol–water partition coefficient (Wildman–Crippen LogP) is -6.08. The Labute approximate surface area is 265 Å². The van der Waals surface area contributed by atoms with Crippen LogP contribution in [0.2, 0.25) is 0 Å². The summed E-state index contributed by atoms with van der Waals surface area (Å²) in [7, 11) is -0.520. The van der Waals surface area contributed by atoms with Gasteiger partial charge in [0.05, 0.1) is 0 Å². The van der Waals surface area contributed by atoms with E-state index in [9.17, 15) is 0 Å². The van der Waals surface area contributed by atoms with Gasteiger partial charge < -0.3 is 63.5 Å². The van der Waals surface area contributed by atoms with Crippen LogP contribution in [0.5, 0.6) is 0 Å². The van der Waals surface area contributed by atoms with Gasteiger partial charge in [0.1, 0.15) is 0 Å². The molecule has 0 heterocycles. The molecule has 0 saturated heterocycles. The molecule has 4 aromatic rings. The Kier molecular flexibility index (Phi) is 30.0. The third-order valence-electron chi connectivity index (χ3n) is 4.72. The van der Waals surface area contributed by atoms with Gasteiger partial charge in [-0.05, 0) is 21.2 Å². The molecule has 0 fully saturated rings. The summed E-state index contributed by atoms with van der Waals surface area (Å²) in [5, 5.41) is 5.64. The molecule has 0 aliphatic rings. The Morgan fingerprint density at radius 2 is 0.528 bits per heavy atom. The van der Waals surface area contributed by atoms with Crippen molar-refractivity contribution in [2.24, 2.45) is 0 Å². The number of hydrogen-bond donors (Lipinski definition) is 0. The van der Waals surface area contributed by atoms with Crippen molar-refractivity contribution >= 4 is 37.1 Å². The van der Waals surface area contributed by atoms with Gasteiger partial charge in [-0.25, -0.2) is 0 Å². The number of rotatable bonds is 6. The van der Waals surface area contributed by atoms with Gasteiger partial charge in [-0.1, -0.05) is 137 Å². The van der Waals surface area contributed by atoms with Crippen LogP contribution in [0, 0.1) is 13.8 Å². The Bertz CT molecular complexity index is 821. The molecule has 2 radical (unpaired) electrons. The largest absolute Gasteiger partial charge is 3.00 e. The monoisotopic (exact) mass is 682 g/mol. The molecule has 0 unspecified atom stereocenters. The van der Waals surface area contributed by atoms with Gasteiger partial charge in [-0.2, -0.15) is 12.3 Å². The van der Waals surface area contributed by atoms with E-state index in [1.165, 1.54) is 21.2 Å². The quantitative estimate of drug-likeness (QED) is 0.108. The fraction of sp³-hybridized carbons (Fsp3) is 0.0714. The second-order valence-corrected chi connectivity index (χ2v) is 11.3. The van der Waals surface area contributed by atoms with Crippen molar-refractivity contribution in [3.8, 4) is 0 Å². The van der Waals surface area contributed by atoms with Gasteiger partial charge in [-0.3, -0.25) is 0 Å². The first-order chi connectivity index (χ1) is 14.8. The number of halogens is 4. The van der Waals surface area contributed by atoms with Crippen LogP contribution in [0.1, 0.15) is 0 Å². The number of benzene rings is 4. The summed E-state index contributed by atoms with van der Waals surface area (Å²) in [6.07, 6.45) is 1.92. The molecule has 4 rings (SSSR count). The van der Waals surface area contributed by atoms with E-state index >= 15 is 0 Å². The van der Waals surface area contributed by atoms with E-state index in [-0.39, 0.29) is 98.5 Å². The van der Waals surface area contributed by atoms with E-state index in [0.29, 0.717) is 0 Å². The zero-order valence-electron chi connectivity index (χ0n) is 19.4. The summed E-state index contributed by atoms with van der Waals surface area (Å²) < 4.78 is 0. The summed E-state index contributed by atoms with van der Waals surface area (Å²) in [4.78, 5) is 0. The maximum absolute atomic E-state index is 4.07. The van der Waals surface area contributed by atoms with Crippen LogP contribution in [0.3, 0.4) is 0 Å².